The normalized spacial score (nSPS) is 27.9. The Morgan fingerprint density at radius 2 is 2.50 bits per heavy atom. The molecule has 1 aliphatic rings. The first-order valence-electron chi connectivity index (χ1n) is 5.34. The van der Waals surface area contributed by atoms with E-state index in [0.717, 1.165) is 24.6 Å². The van der Waals surface area contributed by atoms with Gasteiger partial charge in [0.05, 0.1) is 5.69 Å². The molecule has 78 valence electrons. The van der Waals surface area contributed by atoms with Crippen LogP contribution in [-0.4, -0.2) is 27.6 Å². The standard InChI is InChI=1S/C10H18N4/c1-8-4-3-5-11-10(8)6-9-7-14(2)13-12-9/h7-8,10-11H,3-6H2,1-2H3. The third-order valence-electron chi connectivity index (χ3n) is 3.01. The van der Waals surface area contributed by atoms with E-state index in [1.54, 1.807) is 4.68 Å². The first kappa shape index (κ1) is 9.65. The Morgan fingerprint density at radius 1 is 1.64 bits per heavy atom. The third-order valence-corrected chi connectivity index (χ3v) is 3.01. The molecule has 4 heteroatoms. The summed E-state index contributed by atoms with van der Waals surface area (Å²) in [5.41, 5.74) is 1.10. The van der Waals surface area contributed by atoms with E-state index >= 15 is 0 Å². The molecule has 0 aliphatic carbocycles. The minimum absolute atomic E-state index is 0.584. The van der Waals surface area contributed by atoms with Crippen LogP contribution in [0.3, 0.4) is 0 Å². The lowest BCUT2D eigenvalue weighted by Crippen LogP contribution is -2.41. The van der Waals surface area contributed by atoms with Crippen molar-refractivity contribution >= 4 is 0 Å². The summed E-state index contributed by atoms with van der Waals surface area (Å²) in [6.07, 6.45) is 5.65. The monoisotopic (exact) mass is 194 g/mol. The van der Waals surface area contributed by atoms with E-state index in [9.17, 15) is 0 Å². The molecular formula is C10H18N4. The Morgan fingerprint density at radius 3 is 3.14 bits per heavy atom. The van der Waals surface area contributed by atoms with E-state index in [1.807, 2.05) is 13.2 Å². The summed E-state index contributed by atoms with van der Waals surface area (Å²) < 4.78 is 1.77. The minimum atomic E-state index is 0.584. The van der Waals surface area contributed by atoms with Crippen LogP contribution >= 0.6 is 0 Å². The number of nitrogens with zero attached hydrogens (tertiary/aromatic N) is 3. The Hall–Kier alpha value is -0.900. The lowest BCUT2D eigenvalue weighted by atomic mass is 9.90. The summed E-state index contributed by atoms with van der Waals surface area (Å²) in [7, 11) is 1.91. The van der Waals surface area contributed by atoms with Gasteiger partial charge in [-0.25, -0.2) is 0 Å². The molecule has 14 heavy (non-hydrogen) atoms. The molecule has 1 aromatic rings. The van der Waals surface area contributed by atoms with Gasteiger partial charge < -0.3 is 5.32 Å². The van der Waals surface area contributed by atoms with Gasteiger partial charge in [-0.15, -0.1) is 5.10 Å². The zero-order chi connectivity index (χ0) is 9.97. The van der Waals surface area contributed by atoms with Crippen LogP contribution in [-0.2, 0) is 13.5 Å². The van der Waals surface area contributed by atoms with Gasteiger partial charge in [0.2, 0.25) is 0 Å². The zero-order valence-electron chi connectivity index (χ0n) is 8.90. The van der Waals surface area contributed by atoms with Crippen LogP contribution in [0.2, 0.25) is 0 Å². The molecule has 0 aromatic carbocycles. The molecule has 0 saturated carbocycles. The van der Waals surface area contributed by atoms with Gasteiger partial charge in [0.15, 0.2) is 0 Å². The largest absolute Gasteiger partial charge is 0.313 e. The topological polar surface area (TPSA) is 42.7 Å². The second-order valence-electron chi connectivity index (χ2n) is 4.27. The Kier molecular flexibility index (Phi) is 2.82. The van der Waals surface area contributed by atoms with Crippen molar-refractivity contribution in [3.05, 3.63) is 11.9 Å². The van der Waals surface area contributed by atoms with Crippen LogP contribution in [0, 0.1) is 5.92 Å². The van der Waals surface area contributed by atoms with E-state index in [2.05, 4.69) is 22.6 Å². The molecule has 1 N–H and O–H groups in total. The van der Waals surface area contributed by atoms with Crippen molar-refractivity contribution in [2.45, 2.75) is 32.2 Å². The van der Waals surface area contributed by atoms with Crippen molar-refractivity contribution in [1.82, 2.24) is 20.3 Å². The number of hydrogen-bond donors (Lipinski definition) is 1. The van der Waals surface area contributed by atoms with E-state index in [0.29, 0.717) is 6.04 Å². The van der Waals surface area contributed by atoms with E-state index < -0.39 is 0 Å². The molecule has 0 bridgehead atoms. The van der Waals surface area contributed by atoms with Crippen molar-refractivity contribution in [3.63, 3.8) is 0 Å². The predicted molar refractivity (Wildman–Crippen MR) is 54.9 cm³/mol. The van der Waals surface area contributed by atoms with Crippen molar-refractivity contribution in [2.75, 3.05) is 6.54 Å². The highest BCUT2D eigenvalue weighted by Gasteiger charge is 2.21. The Bertz CT molecular complexity index is 294. The molecule has 1 saturated heterocycles. The van der Waals surface area contributed by atoms with Gasteiger partial charge in [-0.2, -0.15) is 0 Å². The van der Waals surface area contributed by atoms with Gasteiger partial charge in [0.25, 0.3) is 0 Å². The average Bonchev–Trinajstić information content (AvgIpc) is 2.56. The summed E-state index contributed by atoms with van der Waals surface area (Å²) in [5, 5.41) is 11.6. The predicted octanol–water partition coefficient (Wildman–Crippen LogP) is 0.746. The number of piperidine rings is 1. The molecule has 2 unspecified atom stereocenters. The maximum atomic E-state index is 4.12. The number of nitrogens with one attached hydrogen (secondary N) is 1. The lowest BCUT2D eigenvalue weighted by molar-refractivity contribution is 0.297. The van der Waals surface area contributed by atoms with Gasteiger partial charge in [-0.1, -0.05) is 12.1 Å². The molecule has 0 spiro atoms. The van der Waals surface area contributed by atoms with Gasteiger partial charge in [-0.3, -0.25) is 4.68 Å². The molecule has 2 atom stereocenters. The molecule has 2 heterocycles. The molecule has 0 amide bonds. The molecule has 0 radical (unpaired) electrons. The van der Waals surface area contributed by atoms with Gasteiger partial charge in [0.1, 0.15) is 0 Å². The summed E-state index contributed by atoms with van der Waals surface area (Å²) >= 11 is 0. The van der Waals surface area contributed by atoms with Crippen molar-refractivity contribution in [3.8, 4) is 0 Å². The van der Waals surface area contributed by atoms with Gasteiger partial charge in [0, 0.05) is 25.7 Å². The molecule has 2 rings (SSSR count). The molecule has 4 nitrogen and oxygen atoms in total. The fraction of sp³-hybridized carbons (Fsp3) is 0.800. The van der Waals surface area contributed by atoms with E-state index in [4.69, 9.17) is 0 Å². The fourth-order valence-electron chi connectivity index (χ4n) is 2.10. The second-order valence-corrected chi connectivity index (χ2v) is 4.27. The second kappa shape index (κ2) is 4.09. The van der Waals surface area contributed by atoms with Crippen LogP contribution in [0.4, 0.5) is 0 Å². The van der Waals surface area contributed by atoms with Gasteiger partial charge in [-0.05, 0) is 25.3 Å². The van der Waals surface area contributed by atoms with Crippen LogP contribution in [0.5, 0.6) is 0 Å². The highest BCUT2D eigenvalue weighted by Crippen LogP contribution is 2.18. The fourth-order valence-corrected chi connectivity index (χ4v) is 2.10. The summed E-state index contributed by atoms with van der Waals surface area (Å²) in [5.74, 6) is 0.755. The first-order chi connectivity index (χ1) is 6.75. The Balaban J connectivity index is 1.95. The Labute approximate surface area is 84.7 Å². The molecule has 1 aliphatic heterocycles. The molecule has 1 fully saturated rings. The smallest absolute Gasteiger partial charge is 0.0842 e. The number of aryl methyl sites for hydroxylation is 1. The average molecular weight is 194 g/mol. The SMILES string of the molecule is CC1CCCNC1Cc1cn(C)nn1. The van der Waals surface area contributed by atoms with Crippen LogP contribution in [0.15, 0.2) is 6.20 Å². The lowest BCUT2D eigenvalue weighted by Gasteiger charge is -2.29. The summed E-state index contributed by atoms with van der Waals surface area (Å²) in [6.45, 7) is 3.46. The zero-order valence-corrected chi connectivity index (χ0v) is 8.90. The minimum Gasteiger partial charge on any atom is -0.313 e. The first-order valence-corrected chi connectivity index (χ1v) is 5.34. The highest BCUT2D eigenvalue weighted by atomic mass is 15.4. The van der Waals surface area contributed by atoms with Crippen molar-refractivity contribution in [1.29, 1.82) is 0 Å². The quantitative estimate of drug-likeness (QED) is 0.755. The van der Waals surface area contributed by atoms with Crippen LogP contribution in [0.25, 0.3) is 0 Å². The third kappa shape index (κ3) is 2.12. The van der Waals surface area contributed by atoms with E-state index in [-0.39, 0.29) is 0 Å². The van der Waals surface area contributed by atoms with Gasteiger partial charge >= 0.3 is 0 Å². The van der Waals surface area contributed by atoms with Crippen LogP contribution < -0.4 is 5.32 Å². The number of aromatic nitrogens is 3. The van der Waals surface area contributed by atoms with E-state index in [1.165, 1.54) is 12.8 Å². The maximum absolute atomic E-state index is 4.12. The molecular weight excluding hydrogens is 176 g/mol. The van der Waals surface area contributed by atoms with Crippen LogP contribution in [0.1, 0.15) is 25.5 Å². The molecule has 1 aromatic heterocycles. The summed E-state index contributed by atoms with van der Waals surface area (Å²) in [4.78, 5) is 0. The maximum Gasteiger partial charge on any atom is 0.0842 e. The van der Waals surface area contributed by atoms with Crippen molar-refractivity contribution < 1.29 is 0 Å². The highest BCUT2D eigenvalue weighted by molar-refractivity contribution is 4.97. The van der Waals surface area contributed by atoms with Crippen molar-refractivity contribution in [2.24, 2.45) is 13.0 Å². The summed E-state index contributed by atoms with van der Waals surface area (Å²) in [6, 6.07) is 0.584. The number of hydrogen-bond acceptors (Lipinski definition) is 3. The number of rotatable bonds is 2.